The fourth-order valence-corrected chi connectivity index (χ4v) is 1.69. The monoisotopic (exact) mass is 176 g/mol. The van der Waals surface area contributed by atoms with E-state index in [4.69, 9.17) is 9.47 Å². The van der Waals surface area contributed by atoms with Gasteiger partial charge in [-0.3, -0.25) is 0 Å². The first-order chi connectivity index (χ1) is 6.38. The van der Waals surface area contributed by atoms with E-state index in [-0.39, 0.29) is 5.79 Å². The van der Waals surface area contributed by atoms with Gasteiger partial charge >= 0.3 is 0 Å². The van der Waals surface area contributed by atoms with Crippen LogP contribution in [0.4, 0.5) is 0 Å². The Kier molecular flexibility index (Phi) is 1.49. The molecule has 0 saturated heterocycles. The molecule has 68 valence electrons. The first-order valence-electron chi connectivity index (χ1n) is 4.73. The summed E-state index contributed by atoms with van der Waals surface area (Å²) in [6.07, 6.45) is 2.11. The number of ether oxygens (including phenoxy) is 2. The zero-order chi connectivity index (χ0) is 8.73. The van der Waals surface area contributed by atoms with Gasteiger partial charge in [0.15, 0.2) is 5.79 Å². The van der Waals surface area contributed by atoms with Gasteiger partial charge in [-0.2, -0.15) is 0 Å². The molecule has 3 rings (SSSR count). The molecular weight excluding hydrogens is 164 g/mol. The van der Waals surface area contributed by atoms with Crippen LogP contribution in [-0.4, -0.2) is 5.79 Å². The van der Waals surface area contributed by atoms with Gasteiger partial charge in [0.25, 0.3) is 0 Å². The zero-order valence-corrected chi connectivity index (χ0v) is 7.45. The van der Waals surface area contributed by atoms with Crippen LogP contribution in [-0.2, 0) is 22.7 Å². The number of hydrogen-bond acceptors (Lipinski definition) is 2. The average Bonchev–Trinajstić information content (AvgIpc) is 2.96. The average molecular weight is 176 g/mol. The number of hydrogen-bond donors (Lipinski definition) is 0. The fraction of sp³-hybridized carbons (Fsp3) is 0.455. The van der Waals surface area contributed by atoms with Gasteiger partial charge in [-0.1, -0.05) is 24.3 Å². The van der Waals surface area contributed by atoms with Crippen molar-refractivity contribution in [3.63, 3.8) is 0 Å². The van der Waals surface area contributed by atoms with Gasteiger partial charge in [-0.05, 0) is 11.1 Å². The Hall–Kier alpha value is -0.860. The predicted molar refractivity (Wildman–Crippen MR) is 48.0 cm³/mol. The molecule has 0 atom stereocenters. The van der Waals surface area contributed by atoms with Crippen molar-refractivity contribution in [3.05, 3.63) is 35.4 Å². The van der Waals surface area contributed by atoms with Crippen molar-refractivity contribution in [1.82, 2.24) is 0 Å². The second-order valence-electron chi connectivity index (χ2n) is 3.76. The minimum Gasteiger partial charge on any atom is -0.345 e. The van der Waals surface area contributed by atoms with Crippen molar-refractivity contribution in [2.75, 3.05) is 0 Å². The summed E-state index contributed by atoms with van der Waals surface area (Å²) in [6, 6.07) is 8.32. The standard InChI is InChI=1S/C11H12O2/c1-2-4-10-8-13-11(5-6-11)12-7-9(10)3-1/h1-4H,5-8H2. The number of rotatable bonds is 0. The lowest BCUT2D eigenvalue weighted by Gasteiger charge is -2.12. The molecule has 1 spiro atoms. The highest BCUT2D eigenvalue weighted by molar-refractivity contribution is 5.26. The Balaban J connectivity index is 1.92. The summed E-state index contributed by atoms with van der Waals surface area (Å²) in [6.45, 7) is 1.41. The molecule has 1 aliphatic carbocycles. The second-order valence-corrected chi connectivity index (χ2v) is 3.76. The number of fused-ring (bicyclic) bond motifs is 1. The molecule has 0 bridgehead atoms. The Morgan fingerprint density at radius 3 is 1.92 bits per heavy atom. The summed E-state index contributed by atoms with van der Waals surface area (Å²) in [5.74, 6) is -0.209. The summed E-state index contributed by atoms with van der Waals surface area (Å²) in [5, 5.41) is 0. The van der Waals surface area contributed by atoms with E-state index in [0.717, 1.165) is 12.8 Å². The van der Waals surface area contributed by atoms with Gasteiger partial charge in [0, 0.05) is 12.8 Å². The maximum atomic E-state index is 5.71. The van der Waals surface area contributed by atoms with E-state index in [2.05, 4.69) is 12.1 Å². The molecular formula is C11H12O2. The summed E-state index contributed by atoms with van der Waals surface area (Å²) in [4.78, 5) is 0. The van der Waals surface area contributed by atoms with Crippen LogP contribution < -0.4 is 0 Å². The molecule has 1 fully saturated rings. The van der Waals surface area contributed by atoms with Crippen LogP contribution in [0.1, 0.15) is 24.0 Å². The molecule has 2 aliphatic rings. The third-order valence-electron chi connectivity index (χ3n) is 2.76. The molecule has 0 amide bonds. The van der Waals surface area contributed by atoms with Crippen molar-refractivity contribution in [1.29, 1.82) is 0 Å². The topological polar surface area (TPSA) is 18.5 Å². The fourth-order valence-electron chi connectivity index (χ4n) is 1.69. The highest BCUT2D eigenvalue weighted by atomic mass is 16.7. The molecule has 0 radical (unpaired) electrons. The van der Waals surface area contributed by atoms with E-state index < -0.39 is 0 Å². The Labute approximate surface area is 77.5 Å². The van der Waals surface area contributed by atoms with Gasteiger partial charge in [-0.25, -0.2) is 0 Å². The van der Waals surface area contributed by atoms with E-state index >= 15 is 0 Å². The number of benzene rings is 1. The summed E-state index contributed by atoms with van der Waals surface area (Å²) in [5.41, 5.74) is 2.54. The van der Waals surface area contributed by atoms with Gasteiger partial charge < -0.3 is 9.47 Å². The molecule has 2 nitrogen and oxygen atoms in total. The third kappa shape index (κ3) is 1.26. The third-order valence-corrected chi connectivity index (χ3v) is 2.76. The van der Waals surface area contributed by atoms with Crippen molar-refractivity contribution in [2.24, 2.45) is 0 Å². The minimum atomic E-state index is -0.209. The first kappa shape index (κ1) is 7.54. The van der Waals surface area contributed by atoms with E-state index in [1.807, 2.05) is 12.1 Å². The van der Waals surface area contributed by atoms with Crippen molar-refractivity contribution in [3.8, 4) is 0 Å². The van der Waals surface area contributed by atoms with E-state index in [1.54, 1.807) is 0 Å². The van der Waals surface area contributed by atoms with Crippen LogP contribution in [0.15, 0.2) is 24.3 Å². The normalized spacial score (nSPS) is 23.7. The second kappa shape index (κ2) is 2.56. The predicted octanol–water partition coefficient (Wildman–Crippen LogP) is 2.22. The van der Waals surface area contributed by atoms with Gasteiger partial charge in [0.05, 0.1) is 13.2 Å². The summed E-state index contributed by atoms with van der Waals surface area (Å²) < 4.78 is 11.4. The Morgan fingerprint density at radius 2 is 1.46 bits per heavy atom. The van der Waals surface area contributed by atoms with Crippen LogP contribution in [0.25, 0.3) is 0 Å². The van der Waals surface area contributed by atoms with Gasteiger partial charge in [-0.15, -0.1) is 0 Å². The molecule has 0 unspecified atom stereocenters. The molecule has 1 saturated carbocycles. The van der Waals surface area contributed by atoms with Crippen LogP contribution in [0.3, 0.4) is 0 Å². The lowest BCUT2D eigenvalue weighted by molar-refractivity contribution is -0.173. The van der Waals surface area contributed by atoms with E-state index in [9.17, 15) is 0 Å². The molecule has 0 N–H and O–H groups in total. The lowest BCUT2D eigenvalue weighted by atomic mass is 10.1. The van der Waals surface area contributed by atoms with Crippen molar-refractivity contribution in [2.45, 2.75) is 31.8 Å². The zero-order valence-electron chi connectivity index (χ0n) is 7.45. The van der Waals surface area contributed by atoms with E-state index in [0.29, 0.717) is 13.2 Å². The van der Waals surface area contributed by atoms with Gasteiger partial charge in [0.2, 0.25) is 0 Å². The van der Waals surface area contributed by atoms with Crippen LogP contribution in [0.5, 0.6) is 0 Å². The largest absolute Gasteiger partial charge is 0.345 e. The van der Waals surface area contributed by atoms with Crippen LogP contribution in [0, 0.1) is 0 Å². The lowest BCUT2D eigenvalue weighted by Crippen LogP contribution is -2.14. The van der Waals surface area contributed by atoms with Gasteiger partial charge in [0.1, 0.15) is 0 Å². The molecule has 1 aromatic carbocycles. The molecule has 1 heterocycles. The quantitative estimate of drug-likeness (QED) is 0.603. The van der Waals surface area contributed by atoms with Crippen LogP contribution in [0.2, 0.25) is 0 Å². The highest BCUT2D eigenvalue weighted by Gasteiger charge is 2.46. The smallest absolute Gasteiger partial charge is 0.169 e. The van der Waals surface area contributed by atoms with E-state index in [1.165, 1.54) is 11.1 Å². The van der Waals surface area contributed by atoms with Crippen molar-refractivity contribution >= 4 is 0 Å². The van der Waals surface area contributed by atoms with Crippen LogP contribution >= 0.6 is 0 Å². The first-order valence-corrected chi connectivity index (χ1v) is 4.73. The Bertz CT molecular complexity index is 300. The minimum absolute atomic E-state index is 0.209. The molecule has 0 aromatic heterocycles. The Morgan fingerprint density at radius 1 is 0.923 bits per heavy atom. The highest BCUT2D eigenvalue weighted by Crippen LogP contribution is 2.43. The molecule has 2 heteroatoms. The maximum Gasteiger partial charge on any atom is 0.169 e. The summed E-state index contributed by atoms with van der Waals surface area (Å²) >= 11 is 0. The molecule has 1 aliphatic heterocycles. The SMILES string of the molecule is c1ccc2c(c1)COC1(CC1)OC2. The molecule has 13 heavy (non-hydrogen) atoms. The molecule has 1 aromatic rings. The van der Waals surface area contributed by atoms with Crippen molar-refractivity contribution < 1.29 is 9.47 Å². The summed E-state index contributed by atoms with van der Waals surface area (Å²) in [7, 11) is 0. The maximum absolute atomic E-state index is 5.71.